The van der Waals surface area contributed by atoms with E-state index in [1.807, 2.05) is 25.1 Å². The number of hydrogen-bond donors (Lipinski definition) is 0. The van der Waals surface area contributed by atoms with E-state index in [0.717, 1.165) is 36.5 Å². The Balaban J connectivity index is 2.20. The van der Waals surface area contributed by atoms with Gasteiger partial charge in [-0.25, -0.2) is 0 Å². The molecule has 1 aliphatic rings. The van der Waals surface area contributed by atoms with E-state index in [1.54, 1.807) is 7.11 Å². The van der Waals surface area contributed by atoms with Gasteiger partial charge < -0.3 is 14.2 Å². The Labute approximate surface area is 113 Å². The highest BCUT2D eigenvalue weighted by molar-refractivity contribution is 5.78. The molecule has 1 aromatic rings. The predicted octanol–water partition coefficient (Wildman–Crippen LogP) is 2.30. The number of benzene rings is 1. The van der Waals surface area contributed by atoms with E-state index in [2.05, 4.69) is 0 Å². The standard InChI is InChI=1S/C15H20O4/c1-10-6-12(4-5-14(10)17-2)13(15(16)18-3)7-11-8-19-9-11/h4-6,11,13H,7-9H2,1-3H3. The zero-order chi connectivity index (χ0) is 13.8. The van der Waals surface area contributed by atoms with Crippen molar-refractivity contribution in [1.82, 2.24) is 0 Å². The molecular weight excluding hydrogens is 244 g/mol. The number of methoxy groups -OCH3 is 2. The third-order valence-corrected chi connectivity index (χ3v) is 3.58. The molecule has 0 bridgehead atoms. The van der Waals surface area contributed by atoms with Crippen LogP contribution in [-0.4, -0.2) is 33.4 Å². The van der Waals surface area contributed by atoms with Gasteiger partial charge in [-0.15, -0.1) is 0 Å². The Morgan fingerprint density at radius 3 is 2.63 bits per heavy atom. The van der Waals surface area contributed by atoms with Crippen molar-refractivity contribution in [3.05, 3.63) is 29.3 Å². The molecule has 2 rings (SSSR count). The maximum atomic E-state index is 12.0. The number of aryl methyl sites for hydroxylation is 1. The van der Waals surface area contributed by atoms with Crippen LogP contribution in [0.15, 0.2) is 18.2 Å². The second kappa shape index (κ2) is 6.06. The first-order chi connectivity index (χ1) is 9.15. The zero-order valence-electron chi connectivity index (χ0n) is 11.6. The summed E-state index contributed by atoms with van der Waals surface area (Å²) < 4.78 is 15.3. The maximum Gasteiger partial charge on any atom is 0.313 e. The van der Waals surface area contributed by atoms with E-state index >= 15 is 0 Å². The lowest BCUT2D eigenvalue weighted by Gasteiger charge is -2.29. The SMILES string of the molecule is COC(=O)C(CC1COC1)c1ccc(OC)c(C)c1. The van der Waals surface area contributed by atoms with Gasteiger partial charge in [0.05, 0.1) is 33.4 Å². The fourth-order valence-corrected chi connectivity index (χ4v) is 2.38. The van der Waals surface area contributed by atoms with Gasteiger partial charge in [0.2, 0.25) is 0 Å². The zero-order valence-corrected chi connectivity index (χ0v) is 11.6. The van der Waals surface area contributed by atoms with Gasteiger partial charge in [0, 0.05) is 5.92 Å². The maximum absolute atomic E-state index is 12.0. The number of hydrogen-bond acceptors (Lipinski definition) is 4. The molecule has 0 spiro atoms. The molecule has 0 saturated carbocycles. The minimum Gasteiger partial charge on any atom is -0.496 e. The molecule has 0 aromatic heterocycles. The Morgan fingerprint density at radius 2 is 2.16 bits per heavy atom. The summed E-state index contributed by atoms with van der Waals surface area (Å²) in [7, 11) is 3.08. The van der Waals surface area contributed by atoms with E-state index in [-0.39, 0.29) is 11.9 Å². The van der Waals surface area contributed by atoms with Crippen molar-refractivity contribution in [3.63, 3.8) is 0 Å². The molecule has 1 unspecified atom stereocenters. The third-order valence-electron chi connectivity index (χ3n) is 3.58. The molecular formula is C15H20O4. The molecule has 19 heavy (non-hydrogen) atoms. The van der Waals surface area contributed by atoms with Crippen LogP contribution in [-0.2, 0) is 14.3 Å². The lowest BCUT2D eigenvalue weighted by atomic mass is 9.87. The number of carbonyl (C=O) groups excluding carboxylic acids is 1. The molecule has 0 N–H and O–H groups in total. The lowest BCUT2D eigenvalue weighted by molar-refractivity contribution is -0.144. The van der Waals surface area contributed by atoms with Crippen molar-refractivity contribution in [2.75, 3.05) is 27.4 Å². The molecule has 1 saturated heterocycles. The fourth-order valence-electron chi connectivity index (χ4n) is 2.38. The van der Waals surface area contributed by atoms with Gasteiger partial charge in [0.15, 0.2) is 0 Å². The van der Waals surface area contributed by atoms with Crippen LogP contribution < -0.4 is 4.74 Å². The normalized spacial score (nSPS) is 16.6. The molecule has 1 atom stereocenters. The summed E-state index contributed by atoms with van der Waals surface area (Å²) in [6.07, 6.45) is 0.776. The quantitative estimate of drug-likeness (QED) is 0.765. The van der Waals surface area contributed by atoms with E-state index in [4.69, 9.17) is 14.2 Å². The molecule has 1 aliphatic heterocycles. The molecule has 1 fully saturated rings. The Hall–Kier alpha value is -1.55. The molecule has 1 heterocycles. The van der Waals surface area contributed by atoms with Crippen LogP contribution in [0.5, 0.6) is 5.75 Å². The molecule has 0 radical (unpaired) electrons. The second-order valence-corrected chi connectivity index (χ2v) is 4.94. The van der Waals surface area contributed by atoms with Crippen molar-refractivity contribution < 1.29 is 19.0 Å². The van der Waals surface area contributed by atoms with Crippen molar-refractivity contribution >= 4 is 5.97 Å². The van der Waals surface area contributed by atoms with Gasteiger partial charge in [0.25, 0.3) is 0 Å². The Morgan fingerprint density at radius 1 is 1.42 bits per heavy atom. The lowest BCUT2D eigenvalue weighted by Crippen LogP contribution is -2.31. The van der Waals surface area contributed by atoms with Crippen LogP contribution >= 0.6 is 0 Å². The summed E-state index contributed by atoms with van der Waals surface area (Å²) in [4.78, 5) is 12.0. The number of rotatable bonds is 5. The smallest absolute Gasteiger partial charge is 0.313 e. The van der Waals surface area contributed by atoms with Gasteiger partial charge >= 0.3 is 5.97 Å². The van der Waals surface area contributed by atoms with Crippen LogP contribution in [0.3, 0.4) is 0 Å². The third kappa shape index (κ3) is 3.07. The van der Waals surface area contributed by atoms with Crippen molar-refractivity contribution in [3.8, 4) is 5.75 Å². The van der Waals surface area contributed by atoms with E-state index < -0.39 is 0 Å². The minimum absolute atomic E-state index is 0.184. The van der Waals surface area contributed by atoms with Gasteiger partial charge in [-0.2, -0.15) is 0 Å². The average Bonchev–Trinajstić information content (AvgIpc) is 2.37. The van der Waals surface area contributed by atoms with Gasteiger partial charge in [-0.3, -0.25) is 4.79 Å². The molecule has 4 nitrogen and oxygen atoms in total. The van der Waals surface area contributed by atoms with Crippen molar-refractivity contribution in [2.24, 2.45) is 5.92 Å². The first-order valence-corrected chi connectivity index (χ1v) is 6.45. The fraction of sp³-hybridized carbons (Fsp3) is 0.533. The number of carbonyl (C=O) groups is 1. The number of ether oxygens (including phenoxy) is 3. The van der Waals surface area contributed by atoms with Gasteiger partial charge in [-0.1, -0.05) is 12.1 Å². The molecule has 4 heteroatoms. The van der Waals surface area contributed by atoms with E-state index in [1.165, 1.54) is 7.11 Å². The van der Waals surface area contributed by atoms with Crippen LogP contribution in [0, 0.1) is 12.8 Å². The minimum atomic E-state index is -0.219. The van der Waals surface area contributed by atoms with Crippen LogP contribution in [0.4, 0.5) is 0 Å². The first-order valence-electron chi connectivity index (χ1n) is 6.45. The topological polar surface area (TPSA) is 44.8 Å². The van der Waals surface area contributed by atoms with Crippen molar-refractivity contribution in [1.29, 1.82) is 0 Å². The van der Waals surface area contributed by atoms with E-state index in [9.17, 15) is 4.79 Å². The second-order valence-electron chi connectivity index (χ2n) is 4.94. The highest BCUT2D eigenvalue weighted by Crippen LogP contribution is 2.31. The predicted molar refractivity (Wildman–Crippen MR) is 71.4 cm³/mol. The Kier molecular flexibility index (Phi) is 4.43. The van der Waals surface area contributed by atoms with Crippen LogP contribution in [0.25, 0.3) is 0 Å². The van der Waals surface area contributed by atoms with Gasteiger partial charge in [0.1, 0.15) is 5.75 Å². The molecule has 0 aliphatic carbocycles. The highest BCUT2D eigenvalue weighted by atomic mass is 16.5. The summed E-state index contributed by atoms with van der Waals surface area (Å²) in [5, 5.41) is 0. The molecule has 1 aromatic carbocycles. The summed E-state index contributed by atoms with van der Waals surface area (Å²) in [6.45, 7) is 3.45. The summed E-state index contributed by atoms with van der Waals surface area (Å²) >= 11 is 0. The molecule has 104 valence electrons. The van der Waals surface area contributed by atoms with Crippen LogP contribution in [0.2, 0.25) is 0 Å². The Bertz CT molecular complexity index is 451. The monoisotopic (exact) mass is 264 g/mol. The number of esters is 1. The first kappa shape index (κ1) is 13.9. The summed E-state index contributed by atoms with van der Waals surface area (Å²) in [5.41, 5.74) is 2.01. The van der Waals surface area contributed by atoms with E-state index in [0.29, 0.717) is 5.92 Å². The summed E-state index contributed by atoms with van der Waals surface area (Å²) in [6, 6.07) is 5.84. The largest absolute Gasteiger partial charge is 0.496 e. The highest BCUT2D eigenvalue weighted by Gasteiger charge is 2.29. The molecule has 0 amide bonds. The van der Waals surface area contributed by atoms with Crippen LogP contribution in [0.1, 0.15) is 23.5 Å². The van der Waals surface area contributed by atoms with Crippen molar-refractivity contribution in [2.45, 2.75) is 19.3 Å². The average molecular weight is 264 g/mol. The summed E-state index contributed by atoms with van der Waals surface area (Å²) in [5.74, 6) is 0.880. The van der Waals surface area contributed by atoms with Gasteiger partial charge in [-0.05, 0) is 30.5 Å².